The molecule has 1 heterocycles. The van der Waals surface area contributed by atoms with Crippen LogP contribution in [0.5, 0.6) is 5.75 Å². The van der Waals surface area contributed by atoms with Gasteiger partial charge in [-0.25, -0.2) is 8.42 Å². The van der Waals surface area contributed by atoms with E-state index in [1.165, 1.54) is 11.3 Å². The SMILES string of the molecule is COc1ccc([C@@H](CNC(=O)Cc2ccccc2)S(=O)(=O)c2cccs2)cc1. The number of sulfone groups is 1. The highest BCUT2D eigenvalue weighted by Gasteiger charge is 2.30. The van der Waals surface area contributed by atoms with Gasteiger partial charge in [0.15, 0.2) is 9.84 Å². The molecular weight excluding hydrogens is 394 g/mol. The Morgan fingerprint density at radius 3 is 2.36 bits per heavy atom. The van der Waals surface area contributed by atoms with E-state index in [4.69, 9.17) is 4.74 Å². The molecule has 0 spiro atoms. The number of benzene rings is 2. The fraction of sp³-hybridized carbons (Fsp3) is 0.190. The summed E-state index contributed by atoms with van der Waals surface area (Å²) in [6.07, 6.45) is 0.204. The molecule has 0 fully saturated rings. The molecule has 0 aliphatic heterocycles. The van der Waals surface area contributed by atoms with Crippen LogP contribution in [0.1, 0.15) is 16.4 Å². The van der Waals surface area contributed by atoms with Gasteiger partial charge in [-0.2, -0.15) is 0 Å². The second-order valence-corrected chi connectivity index (χ2v) is 9.51. The van der Waals surface area contributed by atoms with Crippen LogP contribution < -0.4 is 10.1 Å². The van der Waals surface area contributed by atoms with Crippen molar-refractivity contribution >= 4 is 27.1 Å². The lowest BCUT2D eigenvalue weighted by Gasteiger charge is -2.18. The van der Waals surface area contributed by atoms with Crippen LogP contribution in [-0.4, -0.2) is 28.0 Å². The summed E-state index contributed by atoms with van der Waals surface area (Å²) < 4.78 is 31.7. The van der Waals surface area contributed by atoms with Crippen molar-refractivity contribution in [3.05, 3.63) is 83.2 Å². The molecular formula is C21H21NO4S2. The summed E-state index contributed by atoms with van der Waals surface area (Å²) in [5.74, 6) is 0.426. The summed E-state index contributed by atoms with van der Waals surface area (Å²) in [6.45, 7) is -0.00176. The van der Waals surface area contributed by atoms with Crippen molar-refractivity contribution in [2.24, 2.45) is 0 Å². The van der Waals surface area contributed by atoms with Gasteiger partial charge in [0.25, 0.3) is 0 Å². The van der Waals surface area contributed by atoms with Gasteiger partial charge in [0.1, 0.15) is 15.2 Å². The highest BCUT2D eigenvalue weighted by atomic mass is 32.2. The van der Waals surface area contributed by atoms with Crippen LogP contribution in [0.15, 0.2) is 76.3 Å². The third-order valence-corrected chi connectivity index (χ3v) is 7.86. The van der Waals surface area contributed by atoms with E-state index < -0.39 is 15.1 Å². The van der Waals surface area contributed by atoms with Crippen LogP contribution in [0.2, 0.25) is 0 Å². The second kappa shape index (κ2) is 9.03. The number of hydrogen-bond acceptors (Lipinski definition) is 5. The molecule has 0 unspecified atom stereocenters. The van der Waals surface area contributed by atoms with Crippen LogP contribution in [0.25, 0.3) is 0 Å². The molecule has 0 bridgehead atoms. The average molecular weight is 416 g/mol. The average Bonchev–Trinajstić information content (AvgIpc) is 3.25. The van der Waals surface area contributed by atoms with E-state index >= 15 is 0 Å². The molecule has 3 rings (SSSR count). The smallest absolute Gasteiger partial charge is 0.224 e. The van der Waals surface area contributed by atoms with Gasteiger partial charge in [0.2, 0.25) is 5.91 Å². The molecule has 146 valence electrons. The first kappa shape index (κ1) is 20.1. The van der Waals surface area contributed by atoms with Crippen molar-refractivity contribution in [1.29, 1.82) is 0 Å². The summed E-state index contributed by atoms with van der Waals surface area (Å²) in [7, 11) is -2.08. The molecule has 1 aromatic heterocycles. The maximum Gasteiger partial charge on any atom is 0.224 e. The zero-order valence-corrected chi connectivity index (χ0v) is 17.0. The van der Waals surface area contributed by atoms with Gasteiger partial charge < -0.3 is 10.1 Å². The van der Waals surface area contributed by atoms with E-state index in [9.17, 15) is 13.2 Å². The van der Waals surface area contributed by atoms with Crippen molar-refractivity contribution in [1.82, 2.24) is 5.32 Å². The maximum atomic E-state index is 13.1. The zero-order valence-electron chi connectivity index (χ0n) is 15.4. The molecule has 0 aliphatic carbocycles. The van der Waals surface area contributed by atoms with Gasteiger partial charge in [-0.15, -0.1) is 11.3 Å². The number of amides is 1. The Morgan fingerprint density at radius 1 is 1.04 bits per heavy atom. The summed E-state index contributed by atoms with van der Waals surface area (Å²) in [6, 6.07) is 19.5. The van der Waals surface area contributed by atoms with E-state index in [0.717, 1.165) is 5.56 Å². The fourth-order valence-electron chi connectivity index (χ4n) is 2.84. The maximum absolute atomic E-state index is 13.1. The molecule has 7 heteroatoms. The largest absolute Gasteiger partial charge is 0.497 e. The van der Waals surface area contributed by atoms with Crippen molar-refractivity contribution in [3.63, 3.8) is 0 Å². The monoisotopic (exact) mass is 415 g/mol. The number of carbonyl (C=O) groups excluding carboxylic acids is 1. The van der Waals surface area contributed by atoms with Crippen molar-refractivity contribution < 1.29 is 17.9 Å². The Balaban J connectivity index is 1.81. The number of methoxy groups -OCH3 is 1. The van der Waals surface area contributed by atoms with E-state index in [0.29, 0.717) is 11.3 Å². The Bertz CT molecular complexity index is 998. The van der Waals surface area contributed by atoms with Crippen LogP contribution in [0.3, 0.4) is 0 Å². The summed E-state index contributed by atoms with van der Waals surface area (Å²) in [5, 5.41) is 3.63. The predicted molar refractivity (Wildman–Crippen MR) is 110 cm³/mol. The minimum atomic E-state index is -3.64. The second-order valence-electron chi connectivity index (χ2n) is 6.21. The normalized spacial score (nSPS) is 12.3. The zero-order chi connectivity index (χ0) is 20.0. The molecule has 1 amide bonds. The van der Waals surface area contributed by atoms with Gasteiger partial charge >= 0.3 is 0 Å². The number of carbonyl (C=O) groups is 1. The van der Waals surface area contributed by atoms with Crippen molar-refractivity contribution in [3.8, 4) is 5.75 Å². The lowest BCUT2D eigenvalue weighted by atomic mass is 10.1. The molecule has 1 atom stereocenters. The van der Waals surface area contributed by atoms with Gasteiger partial charge in [0, 0.05) is 6.54 Å². The van der Waals surface area contributed by atoms with E-state index in [-0.39, 0.29) is 23.1 Å². The fourth-order valence-corrected chi connectivity index (χ4v) is 5.71. The quantitative estimate of drug-likeness (QED) is 0.610. The molecule has 0 aliphatic rings. The lowest BCUT2D eigenvalue weighted by molar-refractivity contribution is -0.120. The van der Waals surface area contributed by atoms with Gasteiger partial charge in [0.05, 0.1) is 13.5 Å². The minimum absolute atomic E-state index is 0.00176. The molecule has 1 N–H and O–H groups in total. The molecule has 0 radical (unpaired) electrons. The number of rotatable bonds is 8. The number of thiophene rings is 1. The number of ether oxygens (including phenoxy) is 1. The summed E-state index contributed by atoms with van der Waals surface area (Å²) >= 11 is 1.17. The van der Waals surface area contributed by atoms with Crippen LogP contribution >= 0.6 is 11.3 Å². The number of nitrogens with one attached hydrogen (secondary N) is 1. The lowest BCUT2D eigenvalue weighted by Crippen LogP contribution is -2.32. The Hall–Kier alpha value is -2.64. The highest BCUT2D eigenvalue weighted by Crippen LogP contribution is 2.32. The minimum Gasteiger partial charge on any atom is -0.497 e. The Labute approximate surface area is 168 Å². The third-order valence-electron chi connectivity index (χ3n) is 4.33. The van der Waals surface area contributed by atoms with Crippen molar-refractivity contribution in [2.75, 3.05) is 13.7 Å². The van der Waals surface area contributed by atoms with Crippen LogP contribution in [0, 0.1) is 0 Å². The molecule has 5 nitrogen and oxygen atoms in total. The van der Waals surface area contributed by atoms with Gasteiger partial charge in [-0.3, -0.25) is 4.79 Å². The van der Waals surface area contributed by atoms with E-state index in [2.05, 4.69) is 5.32 Å². The first-order chi connectivity index (χ1) is 13.5. The summed E-state index contributed by atoms with van der Waals surface area (Å²) in [5.41, 5.74) is 1.48. The van der Waals surface area contributed by atoms with Gasteiger partial charge in [-0.1, -0.05) is 48.5 Å². The van der Waals surface area contributed by atoms with Crippen molar-refractivity contribution in [2.45, 2.75) is 15.9 Å². The Kier molecular flexibility index (Phi) is 6.49. The topological polar surface area (TPSA) is 72.5 Å². The highest BCUT2D eigenvalue weighted by molar-refractivity contribution is 7.93. The molecule has 0 saturated carbocycles. The van der Waals surface area contributed by atoms with E-state index in [1.54, 1.807) is 48.9 Å². The Morgan fingerprint density at radius 2 is 1.75 bits per heavy atom. The first-order valence-electron chi connectivity index (χ1n) is 8.72. The predicted octanol–water partition coefficient (Wildman–Crippen LogP) is 3.63. The molecule has 2 aromatic carbocycles. The van der Waals surface area contributed by atoms with Crippen LogP contribution in [0.4, 0.5) is 0 Å². The molecule has 28 heavy (non-hydrogen) atoms. The molecule has 0 saturated heterocycles. The summed E-state index contributed by atoms with van der Waals surface area (Å²) in [4.78, 5) is 12.3. The first-order valence-corrected chi connectivity index (χ1v) is 11.2. The van der Waals surface area contributed by atoms with E-state index in [1.807, 2.05) is 30.3 Å². The molecule has 3 aromatic rings. The van der Waals surface area contributed by atoms with Gasteiger partial charge in [-0.05, 0) is 34.7 Å². The number of hydrogen-bond donors (Lipinski definition) is 1. The van der Waals surface area contributed by atoms with Crippen LogP contribution in [-0.2, 0) is 21.1 Å². The standard InChI is InChI=1S/C21H21NO4S2/c1-26-18-11-9-17(10-12-18)19(28(24,25)21-8-5-13-27-21)15-22-20(23)14-16-6-3-2-4-7-16/h2-13,19H,14-15H2,1H3,(H,22,23)/t19-/m1/s1. The third kappa shape index (κ3) is 4.79.